The van der Waals surface area contributed by atoms with Crippen LogP contribution in [-0.2, 0) is 11.3 Å². The topological polar surface area (TPSA) is 62.3 Å². The number of hydrogen-bond donors (Lipinski definition) is 1. The molecular weight excluding hydrogens is 422 g/mol. The second-order valence-electron chi connectivity index (χ2n) is 7.61. The van der Waals surface area contributed by atoms with Gasteiger partial charge in [0, 0.05) is 40.5 Å². The molecule has 5 rings (SSSR count). The minimum atomic E-state index is -0.168. The van der Waals surface area contributed by atoms with Crippen molar-refractivity contribution in [3.8, 4) is 6.07 Å². The molecule has 1 unspecified atom stereocenters. The van der Waals surface area contributed by atoms with Crippen LogP contribution in [0.15, 0.2) is 93.7 Å². The van der Waals surface area contributed by atoms with Gasteiger partial charge < -0.3 is 10.5 Å². The van der Waals surface area contributed by atoms with Gasteiger partial charge in [0.05, 0.1) is 5.92 Å². The Morgan fingerprint density at radius 2 is 1.87 bits per heavy atom. The van der Waals surface area contributed by atoms with Gasteiger partial charge in [-0.15, -0.1) is 22.7 Å². The zero-order valence-corrected chi connectivity index (χ0v) is 18.5. The highest BCUT2D eigenvalue weighted by Gasteiger charge is 2.38. The van der Waals surface area contributed by atoms with Crippen LogP contribution in [0.5, 0.6) is 0 Å². The summed E-state index contributed by atoms with van der Waals surface area (Å²) in [7, 11) is 0. The summed E-state index contributed by atoms with van der Waals surface area (Å²) in [5.41, 5.74) is 10.2. The highest BCUT2D eigenvalue weighted by molar-refractivity contribution is 7.10. The summed E-state index contributed by atoms with van der Waals surface area (Å²) in [4.78, 5) is 4.70. The number of allylic oxidation sites excluding steroid dienone is 1. The van der Waals surface area contributed by atoms with Gasteiger partial charge in [-0.05, 0) is 34.5 Å². The maximum Gasteiger partial charge on any atom is 0.205 e. The second kappa shape index (κ2) is 8.56. The normalized spacial score (nSPS) is 20.5. The van der Waals surface area contributed by atoms with Crippen molar-refractivity contribution in [2.45, 2.75) is 12.5 Å². The van der Waals surface area contributed by atoms with E-state index in [0.717, 1.165) is 41.4 Å². The van der Waals surface area contributed by atoms with Crippen molar-refractivity contribution in [1.82, 2.24) is 4.90 Å². The maximum atomic E-state index is 9.88. The Bertz CT molecular complexity index is 1200. The van der Waals surface area contributed by atoms with Crippen LogP contribution in [-0.4, -0.2) is 18.0 Å². The van der Waals surface area contributed by atoms with Gasteiger partial charge in [-0.2, -0.15) is 5.26 Å². The molecule has 6 heteroatoms. The van der Waals surface area contributed by atoms with Crippen LogP contribution in [0.1, 0.15) is 21.2 Å². The highest BCUT2D eigenvalue weighted by Crippen LogP contribution is 2.45. The Kier molecular flexibility index (Phi) is 5.47. The Morgan fingerprint density at radius 3 is 2.58 bits per heavy atom. The fourth-order valence-electron chi connectivity index (χ4n) is 4.22. The first-order valence-electron chi connectivity index (χ1n) is 10.1. The van der Waals surface area contributed by atoms with Gasteiger partial charge in [-0.1, -0.05) is 42.5 Å². The van der Waals surface area contributed by atoms with Crippen LogP contribution < -0.4 is 5.73 Å². The second-order valence-corrected chi connectivity index (χ2v) is 9.57. The van der Waals surface area contributed by atoms with E-state index >= 15 is 0 Å². The Labute approximate surface area is 189 Å². The molecule has 0 radical (unpaired) electrons. The molecule has 0 amide bonds. The van der Waals surface area contributed by atoms with Crippen molar-refractivity contribution in [1.29, 1.82) is 5.26 Å². The predicted octanol–water partition coefficient (Wildman–Crippen LogP) is 5.47. The minimum absolute atomic E-state index is 0.168. The van der Waals surface area contributed by atoms with Gasteiger partial charge >= 0.3 is 0 Å². The van der Waals surface area contributed by atoms with Crippen LogP contribution in [0.4, 0.5) is 0 Å². The number of nitrogens with two attached hydrogens (primary N) is 1. The van der Waals surface area contributed by atoms with E-state index in [2.05, 4.69) is 64.9 Å². The first-order valence-corrected chi connectivity index (χ1v) is 11.8. The number of rotatable bonds is 4. The van der Waals surface area contributed by atoms with Gasteiger partial charge in [-0.3, -0.25) is 4.90 Å². The van der Waals surface area contributed by atoms with Crippen molar-refractivity contribution in [3.05, 3.63) is 109 Å². The zero-order valence-electron chi connectivity index (χ0n) is 16.8. The molecule has 0 saturated carbocycles. The molecule has 2 N–H and O–H groups in total. The summed E-state index contributed by atoms with van der Waals surface area (Å²) >= 11 is 3.35. The van der Waals surface area contributed by atoms with Crippen molar-refractivity contribution < 1.29 is 4.74 Å². The lowest BCUT2D eigenvalue weighted by molar-refractivity contribution is 0.230. The van der Waals surface area contributed by atoms with Crippen LogP contribution >= 0.6 is 22.7 Å². The lowest BCUT2D eigenvalue weighted by atomic mass is 9.83. The summed E-state index contributed by atoms with van der Waals surface area (Å²) in [6, 6.07) is 21.1. The molecule has 2 aromatic heterocycles. The van der Waals surface area contributed by atoms with E-state index in [1.807, 2.05) is 17.5 Å². The molecule has 0 fully saturated rings. The molecular formula is C25H21N3OS2. The molecule has 0 saturated heterocycles. The van der Waals surface area contributed by atoms with E-state index in [1.165, 1.54) is 10.4 Å². The average Bonchev–Trinajstić information content (AvgIpc) is 3.48. The molecule has 0 bridgehead atoms. The van der Waals surface area contributed by atoms with E-state index in [1.54, 1.807) is 22.7 Å². The molecule has 0 spiro atoms. The number of thiophene rings is 2. The highest BCUT2D eigenvalue weighted by atomic mass is 32.1. The van der Waals surface area contributed by atoms with Crippen molar-refractivity contribution in [2.24, 2.45) is 5.73 Å². The zero-order chi connectivity index (χ0) is 21.2. The Hall–Kier alpha value is -3.11. The monoisotopic (exact) mass is 443 g/mol. The number of nitrogens with zero attached hydrogens (tertiary/aromatic N) is 2. The SMILES string of the molecule is N#CC1=C(N)OC2=C(CN(Cc3ccccc3)C/C2=C/c2cccs2)C1c1cccs1. The van der Waals surface area contributed by atoms with Gasteiger partial charge in [0.2, 0.25) is 5.88 Å². The Balaban J connectivity index is 1.60. The smallest absolute Gasteiger partial charge is 0.205 e. The van der Waals surface area contributed by atoms with E-state index in [9.17, 15) is 5.26 Å². The third-order valence-electron chi connectivity index (χ3n) is 5.54. The number of hydrogen-bond acceptors (Lipinski definition) is 6. The molecule has 1 atom stereocenters. The minimum Gasteiger partial charge on any atom is -0.440 e. The summed E-state index contributed by atoms with van der Waals surface area (Å²) in [6.07, 6.45) is 2.19. The number of nitriles is 1. The largest absolute Gasteiger partial charge is 0.440 e. The van der Waals surface area contributed by atoms with Crippen LogP contribution in [0, 0.1) is 11.3 Å². The third-order valence-corrected chi connectivity index (χ3v) is 7.30. The first-order chi connectivity index (χ1) is 15.2. The summed E-state index contributed by atoms with van der Waals surface area (Å²) in [6.45, 7) is 2.32. The number of ether oxygens (including phenoxy) is 1. The molecule has 0 aliphatic carbocycles. The average molecular weight is 444 g/mol. The van der Waals surface area contributed by atoms with Gasteiger partial charge in [-0.25, -0.2) is 0 Å². The first kappa shape index (κ1) is 19.8. The molecule has 154 valence electrons. The van der Waals surface area contributed by atoms with Gasteiger partial charge in [0.1, 0.15) is 17.4 Å². The molecule has 2 aliphatic heterocycles. The molecule has 31 heavy (non-hydrogen) atoms. The van der Waals surface area contributed by atoms with Crippen LogP contribution in [0.2, 0.25) is 0 Å². The van der Waals surface area contributed by atoms with Gasteiger partial charge in [0.25, 0.3) is 0 Å². The molecule has 1 aromatic carbocycles. The lowest BCUT2D eigenvalue weighted by Crippen LogP contribution is -2.37. The number of benzene rings is 1. The molecule has 4 nitrogen and oxygen atoms in total. The fourth-order valence-corrected chi connectivity index (χ4v) is 5.77. The van der Waals surface area contributed by atoms with E-state index in [4.69, 9.17) is 10.5 Å². The van der Waals surface area contributed by atoms with Crippen molar-refractivity contribution in [2.75, 3.05) is 13.1 Å². The van der Waals surface area contributed by atoms with Crippen LogP contribution in [0.25, 0.3) is 6.08 Å². The van der Waals surface area contributed by atoms with E-state index in [-0.39, 0.29) is 11.8 Å². The molecule has 2 aliphatic rings. The third kappa shape index (κ3) is 3.96. The van der Waals surface area contributed by atoms with Crippen LogP contribution in [0.3, 0.4) is 0 Å². The predicted molar refractivity (Wildman–Crippen MR) is 126 cm³/mol. The molecule has 3 aromatic rings. The van der Waals surface area contributed by atoms with E-state index < -0.39 is 0 Å². The van der Waals surface area contributed by atoms with Crippen molar-refractivity contribution >= 4 is 28.7 Å². The summed E-state index contributed by atoms with van der Waals surface area (Å²) in [5.74, 6) is 0.875. The summed E-state index contributed by atoms with van der Waals surface area (Å²) < 4.78 is 6.11. The maximum absolute atomic E-state index is 9.88. The standard InChI is InChI=1S/C25H21N3OS2/c26-13-20-23(22-9-5-11-31-22)21-16-28(14-17-6-2-1-3-7-17)15-18(24(21)29-25(20)27)12-19-8-4-10-30-19/h1-12,23H,14-16,27H2/b18-12-. The fraction of sp³-hybridized carbons (Fsp3) is 0.160. The molecule has 4 heterocycles. The quantitative estimate of drug-likeness (QED) is 0.581. The van der Waals surface area contributed by atoms with Gasteiger partial charge in [0.15, 0.2) is 0 Å². The summed E-state index contributed by atoms with van der Waals surface area (Å²) in [5, 5.41) is 14.0. The Morgan fingerprint density at radius 1 is 1.06 bits per heavy atom. The lowest BCUT2D eigenvalue weighted by Gasteiger charge is -2.38. The van der Waals surface area contributed by atoms with Crippen molar-refractivity contribution in [3.63, 3.8) is 0 Å². The van der Waals surface area contributed by atoms with E-state index in [0.29, 0.717) is 5.57 Å².